The van der Waals surface area contributed by atoms with E-state index in [-0.39, 0.29) is 12.1 Å². The van der Waals surface area contributed by atoms with Gasteiger partial charge in [0.2, 0.25) is 0 Å². The van der Waals surface area contributed by atoms with Gasteiger partial charge in [-0.05, 0) is 31.6 Å². The van der Waals surface area contributed by atoms with Crippen LogP contribution in [0.5, 0.6) is 0 Å². The van der Waals surface area contributed by atoms with Gasteiger partial charge in [0.25, 0.3) is 0 Å². The number of ether oxygens (including phenoxy) is 1. The van der Waals surface area contributed by atoms with Gasteiger partial charge in [0.15, 0.2) is 0 Å². The van der Waals surface area contributed by atoms with E-state index in [4.69, 9.17) is 4.74 Å². The Hall–Kier alpha value is -0.960. The highest BCUT2D eigenvalue weighted by molar-refractivity contribution is 7.99. The molecule has 0 aromatic heterocycles. The SMILES string of the molecule is CC(C)OC(=O)CSCCc1ccccc1. The molecule has 1 aromatic carbocycles. The first-order chi connectivity index (χ1) is 7.68. The van der Waals surface area contributed by atoms with E-state index >= 15 is 0 Å². The predicted molar refractivity (Wildman–Crippen MR) is 68.7 cm³/mol. The van der Waals surface area contributed by atoms with Gasteiger partial charge >= 0.3 is 5.97 Å². The summed E-state index contributed by atoms with van der Waals surface area (Å²) >= 11 is 1.62. The van der Waals surface area contributed by atoms with Crippen LogP contribution in [0.25, 0.3) is 0 Å². The summed E-state index contributed by atoms with van der Waals surface area (Å²) in [6, 6.07) is 10.3. The molecule has 0 amide bonds. The van der Waals surface area contributed by atoms with E-state index in [1.165, 1.54) is 5.56 Å². The number of hydrogen-bond donors (Lipinski definition) is 0. The third-order valence-electron chi connectivity index (χ3n) is 1.96. The van der Waals surface area contributed by atoms with E-state index in [1.807, 2.05) is 32.0 Å². The molecule has 0 radical (unpaired) electrons. The molecule has 0 atom stereocenters. The highest BCUT2D eigenvalue weighted by atomic mass is 32.2. The second-order valence-electron chi connectivity index (χ2n) is 3.83. The maximum absolute atomic E-state index is 11.2. The molecule has 0 bridgehead atoms. The maximum atomic E-state index is 11.2. The van der Waals surface area contributed by atoms with E-state index in [0.717, 1.165) is 12.2 Å². The monoisotopic (exact) mass is 238 g/mol. The first-order valence-electron chi connectivity index (χ1n) is 5.49. The Kier molecular flexibility index (Phi) is 6.01. The van der Waals surface area contributed by atoms with Crippen LogP contribution < -0.4 is 0 Å². The molecule has 0 saturated carbocycles. The molecule has 88 valence electrons. The molecular formula is C13H18O2S. The van der Waals surface area contributed by atoms with E-state index < -0.39 is 0 Å². The van der Waals surface area contributed by atoms with Gasteiger partial charge in [-0.1, -0.05) is 30.3 Å². The Labute approximate surface area is 101 Å². The standard InChI is InChI=1S/C13H18O2S/c1-11(2)15-13(14)10-16-9-8-12-6-4-3-5-7-12/h3-7,11H,8-10H2,1-2H3. The molecule has 0 N–H and O–H groups in total. The highest BCUT2D eigenvalue weighted by Crippen LogP contribution is 2.07. The fourth-order valence-corrected chi connectivity index (χ4v) is 2.05. The lowest BCUT2D eigenvalue weighted by Gasteiger charge is -2.07. The van der Waals surface area contributed by atoms with Gasteiger partial charge in [0.05, 0.1) is 11.9 Å². The largest absolute Gasteiger partial charge is 0.462 e. The zero-order valence-corrected chi connectivity index (χ0v) is 10.6. The first kappa shape index (κ1) is 13.1. The van der Waals surface area contributed by atoms with E-state index in [2.05, 4.69) is 12.1 Å². The Morgan fingerprint density at radius 2 is 2.00 bits per heavy atom. The van der Waals surface area contributed by atoms with Crippen LogP contribution in [0.15, 0.2) is 30.3 Å². The minimum Gasteiger partial charge on any atom is -0.462 e. The average Bonchev–Trinajstić information content (AvgIpc) is 2.25. The fourth-order valence-electron chi connectivity index (χ4n) is 1.29. The zero-order valence-electron chi connectivity index (χ0n) is 9.81. The number of hydrogen-bond acceptors (Lipinski definition) is 3. The summed E-state index contributed by atoms with van der Waals surface area (Å²) in [5.74, 6) is 1.29. The fraction of sp³-hybridized carbons (Fsp3) is 0.462. The van der Waals surface area contributed by atoms with Crippen molar-refractivity contribution in [3.63, 3.8) is 0 Å². The summed E-state index contributed by atoms with van der Waals surface area (Å²) in [6.45, 7) is 3.74. The van der Waals surface area contributed by atoms with E-state index in [0.29, 0.717) is 5.75 Å². The van der Waals surface area contributed by atoms with Crippen molar-refractivity contribution in [2.75, 3.05) is 11.5 Å². The van der Waals surface area contributed by atoms with E-state index in [9.17, 15) is 4.79 Å². The number of rotatable bonds is 6. The lowest BCUT2D eigenvalue weighted by molar-refractivity contribution is -0.144. The molecule has 1 aromatic rings. The Bertz CT molecular complexity index is 309. The van der Waals surface area contributed by atoms with Crippen LogP contribution in [0, 0.1) is 0 Å². The summed E-state index contributed by atoms with van der Waals surface area (Å²) in [5.41, 5.74) is 1.31. The quantitative estimate of drug-likeness (QED) is 0.563. The van der Waals surface area contributed by atoms with Crippen molar-refractivity contribution in [2.24, 2.45) is 0 Å². The molecule has 0 unspecified atom stereocenters. The molecule has 1 rings (SSSR count). The highest BCUT2D eigenvalue weighted by Gasteiger charge is 2.04. The molecule has 0 aliphatic carbocycles. The Morgan fingerprint density at radius 1 is 1.31 bits per heavy atom. The van der Waals surface area contributed by atoms with Gasteiger partial charge < -0.3 is 4.74 Å². The van der Waals surface area contributed by atoms with Crippen molar-refractivity contribution in [1.82, 2.24) is 0 Å². The van der Waals surface area contributed by atoms with Crippen LogP contribution in [0.1, 0.15) is 19.4 Å². The predicted octanol–water partition coefficient (Wildman–Crippen LogP) is 2.91. The lowest BCUT2D eigenvalue weighted by atomic mass is 10.2. The van der Waals surface area contributed by atoms with Crippen molar-refractivity contribution < 1.29 is 9.53 Å². The van der Waals surface area contributed by atoms with Gasteiger partial charge in [0.1, 0.15) is 0 Å². The smallest absolute Gasteiger partial charge is 0.316 e. The molecule has 0 aliphatic heterocycles. The number of carbonyl (C=O) groups is 1. The van der Waals surface area contributed by atoms with Gasteiger partial charge in [-0.3, -0.25) is 4.79 Å². The summed E-state index contributed by atoms with van der Waals surface area (Å²) in [6.07, 6.45) is 0.989. The lowest BCUT2D eigenvalue weighted by Crippen LogP contribution is -2.13. The van der Waals surface area contributed by atoms with Crippen molar-refractivity contribution in [1.29, 1.82) is 0 Å². The minimum absolute atomic E-state index is 0.0118. The molecule has 16 heavy (non-hydrogen) atoms. The molecule has 2 nitrogen and oxygen atoms in total. The van der Waals surface area contributed by atoms with Crippen LogP contribution in [0.4, 0.5) is 0 Å². The normalized spacial score (nSPS) is 10.4. The van der Waals surface area contributed by atoms with Crippen molar-refractivity contribution >= 4 is 17.7 Å². The second kappa shape index (κ2) is 7.34. The van der Waals surface area contributed by atoms with Crippen molar-refractivity contribution in [3.8, 4) is 0 Å². The molecule has 0 heterocycles. The first-order valence-corrected chi connectivity index (χ1v) is 6.65. The second-order valence-corrected chi connectivity index (χ2v) is 4.93. The van der Waals surface area contributed by atoms with Gasteiger partial charge in [-0.15, -0.1) is 11.8 Å². The van der Waals surface area contributed by atoms with Crippen LogP contribution in [-0.2, 0) is 16.0 Å². The molecule has 3 heteroatoms. The summed E-state index contributed by atoms with van der Waals surface area (Å²) in [5, 5.41) is 0. The topological polar surface area (TPSA) is 26.3 Å². The maximum Gasteiger partial charge on any atom is 0.316 e. The van der Waals surface area contributed by atoms with E-state index in [1.54, 1.807) is 11.8 Å². The Morgan fingerprint density at radius 3 is 2.62 bits per heavy atom. The van der Waals surface area contributed by atoms with Crippen LogP contribution in [0.2, 0.25) is 0 Å². The third kappa shape index (κ3) is 5.81. The molecule has 0 aliphatic rings. The Balaban J connectivity index is 2.10. The number of benzene rings is 1. The summed E-state index contributed by atoms with van der Waals surface area (Å²) in [7, 11) is 0. The summed E-state index contributed by atoms with van der Waals surface area (Å²) < 4.78 is 5.04. The van der Waals surface area contributed by atoms with Gasteiger partial charge in [-0.2, -0.15) is 0 Å². The molecule has 0 spiro atoms. The van der Waals surface area contributed by atoms with Crippen LogP contribution >= 0.6 is 11.8 Å². The molecule has 0 fully saturated rings. The number of thioether (sulfide) groups is 1. The van der Waals surface area contributed by atoms with Crippen molar-refractivity contribution in [3.05, 3.63) is 35.9 Å². The summed E-state index contributed by atoms with van der Waals surface area (Å²) in [4.78, 5) is 11.2. The number of esters is 1. The van der Waals surface area contributed by atoms with Crippen LogP contribution in [-0.4, -0.2) is 23.6 Å². The van der Waals surface area contributed by atoms with Crippen molar-refractivity contribution in [2.45, 2.75) is 26.4 Å². The van der Waals surface area contributed by atoms with Gasteiger partial charge in [0, 0.05) is 0 Å². The molecular weight excluding hydrogens is 220 g/mol. The molecule has 0 saturated heterocycles. The third-order valence-corrected chi connectivity index (χ3v) is 2.90. The average molecular weight is 238 g/mol. The zero-order chi connectivity index (χ0) is 11.8. The minimum atomic E-state index is -0.118. The number of carbonyl (C=O) groups excluding carboxylic acids is 1. The van der Waals surface area contributed by atoms with Crippen LogP contribution in [0.3, 0.4) is 0 Å². The van der Waals surface area contributed by atoms with Gasteiger partial charge in [-0.25, -0.2) is 0 Å². The number of aryl methyl sites for hydroxylation is 1.